The third-order valence-corrected chi connectivity index (χ3v) is 7.74. The van der Waals surface area contributed by atoms with Crippen LogP contribution < -0.4 is 4.74 Å². The summed E-state index contributed by atoms with van der Waals surface area (Å²) in [4.78, 5) is 64.4. The largest absolute Gasteiger partial charge is 0.457 e. The van der Waals surface area contributed by atoms with E-state index in [0.29, 0.717) is 24.3 Å². The first-order valence-corrected chi connectivity index (χ1v) is 13.6. The second kappa shape index (κ2) is 11.8. The van der Waals surface area contributed by atoms with Crippen LogP contribution in [0.4, 0.5) is 5.69 Å². The van der Waals surface area contributed by atoms with Gasteiger partial charge in [-0.2, -0.15) is 5.01 Å². The molecule has 5 rings (SSSR count). The molecule has 2 atom stereocenters. The molecular weight excluding hydrogens is 585 g/mol. The fraction of sp³-hybridized carbons (Fsp3) is 0.200. The van der Waals surface area contributed by atoms with Crippen molar-refractivity contribution in [3.63, 3.8) is 0 Å². The van der Waals surface area contributed by atoms with E-state index >= 15 is 0 Å². The standard InChI is InChI=1S/C30H23Cl2N3O7/c1-17-2-12-23-25(14-17)30(39)34(29(23)38)33(28(37)24-13-5-19(31)15-26(24)32)16-27(36)18-3-8-21(9-4-18)42-22-10-6-20(7-11-22)35(40)41/h2-11,13,15,23,25H,12,14,16H2,1H3/t23-,25+/m1/s1. The fourth-order valence-electron chi connectivity index (χ4n) is 5.00. The van der Waals surface area contributed by atoms with E-state index in [1.165, 1.54) is 66.7 Å². The quantitative estimate of drug-likeness (QED) is 0.0969. The summed E-state index contributed by atoms with van der Waals surface area (Å²) >= 11 is 12.3. The van der Waals surface area contributed by atoms with Crippen molar-refractivity contribution in [1.82, 2.24) is 10.0 Å². The summed E-state index contributed by atoms with van der Waals surface area (Å²) in [5.41, 5.74) is 1.07. The number of nitro groups is 1. The molecular formula is C30H23Cl2N3O7. The van der Waals surface area contributed by atoms with E-state index in [-0.39, 0.29) is 26.9 Å². The minimum atomic E-state index is -0.798. The Morgan fingerprint density at radius 1 is 0.976 bits per heavy atom. The van der Waals surface area contributed by atoms with Crippen LogP contribution in [-0.4, -0.2) is 45.0 Å². The Kier molecular flexibility index (Phi) is 8.11. The highest BCUT2D eigenvalue weighted by molar-refractivity contribution is 6.36. The maximum absolute atomic E-state index is 13.7. The van der Waals surface area contributed by atoms with Crippen LogP contribution in [0.15, 0.2) is 78.4 Å². The topological polar surface area (TPSA) is 127 Å². The first kappa shape index (κ1) is 29.0. The molecule has 3 amide bonds. The normalized spacial score (nSPS) is 17.9. The Hall–Kier alpha value is -4.54. The predicted molar refractivity (Wildman–Crippen MR) is 153 cm³/mol. The maximum Gasteiger partial charge on any atom is 0.274 e. The van der Waals surface area contributed by atoms with Crippen LogP contribution in [0, 0.1) is 22.0 Å². The van der Waals surface area contributed by atoms with Crippen molar-refractivity contribution in [1.29, 1.82) is 0 Å². The summed E-state index contributed by atoms with van der Waals surface area (Å²) in [7, 11) is 0. The number of carbonyl (C=O) groups excluding carboxylic acids is 4. The number of amides is 3. The molecule has 1 aliphatic carbocycles. The number of allylic oxidation sites excluding steroid dienone is 2. The van der Waals surface area contributed by atoms with Gasteiger partial charge in [0.2, 0.25) is 0 Å². The fourth-order valence-corrected chi connectivity index (χ4v) is 5.49. The molecule has 1 heterocycles. The number of carbonyl (C=O) groups is 4. The second-order valence-electron chi connectivity index (χ2n) is 9.98. The van der Waals surface area contributed by atoms with E-state index < -0.39 is 46.8 Å². The van der Waals surface area contributed by atoms with Gasteiger partial charge in [-0.3, -0.25) is 29.3 Å². The molecule has 12 heteroatoms. The van der Waals surface area contributed by atoms with Gasteiger partial charge in [-0.05, 0) is 74.4 Å². The van der Waals surface area contributed by atoms with E-state index in [9.17, 15) is 29.3 Å². The number of ketones is 1. The SMILES string of the molecule is CC1=CC[C@H]2C(=O)N(N(CC(=O)c3ccc(Oc4ccc([N+](=O)[O-])cc4)cc3)C(=O)c3ccc(Cl)cc3Cl)C(=O)[C@H]2C1. The number of hydrogen-bond donors (Lipinski definition) is 0. The number of hydrazine groups is 1. The number of imide groups is 1. The van der Waals surface area contributed by atoms with Crippen LogP contribution in [-0.2, 0) is 9.59 Å². The zero-order valence-corrected chi connectivity index (χ0v) is 23.7. The number of fused-ring (bicyclic) bond motifs is 1. The lowest BCUT2D eigenvalue weighted by molar-refractivity contribution is -0.384. The first-order chi connectivity index (χ1) is 20.0. The summed E-state index contributed by atoms with van der Waals surface area (Å²) < 4.78 is 5.69. The van der Waals surface area contributed by atoms with Crippen LogP contribution in [0.5, 0.6) is 11.5 Å². The second-order valence-corrected chi connectivity index (χ2v) is 10.8. The molecule has 0 unspecified atom stereocenters. The molecule has 3 aromatic carbocycles. The number of halogens is 2. The Balaban J connectivity index is 1.39. The van der Waals surface area contributed by atoms with Gasteiger partial charge in [-0.15, -0.1) is 0 Å². The highest BCUT2D eigenvalue weighted by atomic mass is 35.5. The smallest absolute Gasteiger partial charge is 0.274 e. The van der Waals surface area contributed by atoms with E-state index in [1.807, 2.05) is 13.0 Å². The van der Waals surface area contributed by atoms with Crippen LogP contribution in [0.1, 0.15) is 40.5 Å². The number of rotatable bonds is 8. The summed E-state index contributed by atoms with van der Waals surface area (Å²) in [5.74, 6) is -2.96. The molecule has 0 spiro atoms. The number of ether oxygens (including phenoxy) is 1. The Morgan fingerprint density at radius 3 is 2.21 bits per heavy atom. The van der Waals surface area contributed by atoms with Crippen molar-refractivity contribution in [3.8, 4) is 11.5 Å². The zero-order chi connectivity index (χ0) is 30.1. The molecule has 2 aliphatic rings. The molecule has 1 fully saturated rings. The number of nitro benzene ring substituents is 1. The van der Waals surface area contributed by atoms with Crippen LogP contribution in [0.25, 0.3) is 0 Å². The highest BCUT2D eigenvalue weighted by Gasteiger charge is 2.52. The number of nitrogens with zero attached hydrogens (tertiary/aromatic N) is 3. The summed E-state index contributed by atoms with van der Waals surface area (Å²) in [6.45, 7) is 1.27. The third kappa shape index (κ3) is 5.77. The molecule has 214 valence electrons. The van der Waals surface area contributed by atoms with Crippen molar-refractivity contribution < 1.29 is 28.8 Å². The molecule has 42 heavy (non-hydrogen) atoms. The molecule has 0 bridgehead atoms. The van der Waals surface area contributed by atoms with Gasteiger partial charge in [0.15, 0.2) is 5.78 Å². The highest BCUT2D eigenvalue weighted by Crippen LogP contribution is 2.39. The Bertz CT molecular complexity index is 1640. The van der Waals surface area contributed by atoms with Crippen molar-refractivity contribution in [2.24, 2.45) is 11.8 Å². The average molecular weight is 608 g/mol. The summed E-state index contributed by atoms with van der Waals surface area (Å²) in [6, 6.07) is 15.7. The maximum atomic E-state index is 13.7. The van der Waals surface area contributed by atoms with Gasteiger partial charge < -0.3 is 4.74 Å². The van der Waals surface area contributed by atoms with Crippen LogP contribution in [0.3, 0.4) is 0 Å². The van der Waals surface area contributed by atoms with E-state index in [0.717, 1.165) is 15.6 Å². The first-order valence-electron chi connectivity index (χ1n) is 12.9. The van der Waals surface area contributed by atoms with Crippen molar-refractivity contribution in [3.05, 3.63) is 110 Å². The lowest BCUT2D eigenvalue weighted by Gasteiger charge is -2.30. The van der Waals surface area contributed by atoms with Gasteiger partial charge in [-0.1, -0.05) is 34.9 Å². The van der Waals surface area contributed by atoms with Crippen LogP contribution >= 0.6 is 23.2 Å². The van der Waals surface area contributed by atoms with Crippen molar-refractivity contribution >= 4 is 52.4 Å². The number of Topliss-reactive ketones (excluding diaryl/α,β-unsaturated/α-hetero) is 1. The van der Waals surface area contributed by atoms with Crippen LogP contribution in [0.2, 0.25) is 10.0 Å². The van der Waals surface area contributed by atoms with Gasteiger partial charge >= 0.3 is 0 Å². The molecule has 1 saturated heterocycles. The average Bonchev–Trinajstić information content (AvgIpc) is 3.20. The third-order valence-electron chi connectivity index (χ3n) is 7.19. The Labute approximate surface area is 250 Å². The molecule has 0 saturated carbocycles. The van der Waals surface area contributed by atoms with Crippen molar-refractivity contribution in [2.75, 3.05) is 6.54 Å². The van der Waals surface area contributed by atoms with Gasteiger partial charge in [0.25, 0.3) is 23.4 Å². The van der Waals surface area contributed by atoms with E-state index in [1.54, 1.807) is 0 Å². The number of hydrogen-bond acceptors (Lipinski definition) is 7. The van der Waals surface area contributed by atoms with Gasteiger partial charge in [0.05, 0.1) is 27.3 Å². The van der Waals surface area contributed by atoms with E-state index in [4.69, 9.17) is 27.9 Å². The lowest BCUT2D eigenvalue weighted by atomic mass is 9.82. The van der Waals surface area contributed by atoms with E-state index in [2.05, 4.69) is 0 Å². The molecule has 3 aromatic rings. The molecule has 0 aromatic heterocycles. The minimum absolute atomic E-state index is 0.00622. The number of non-ortho nitro benzene ring substituents is 1. The monoisotopic (exact) mass is 607 g/mol. The minimum Gasteiger partial charge on any atom is -0.457 e. The molecule has 0 radical (unpaired) electrons. The van der Waals surface area contributed by atoms with Gasteiger partial charge in [0, 0.05) is 22.7 Å². The summed E-state index contributed by atoms with van der Waals surface area (Å²) in [6.07, 6.45) is 2.66. The Morgan fingerprint density at radius 2 is 1.60 bits per heavy atom. The molecule has 10 nitrogen and oxygen atoms in total. The van der Waals surface area contributed by atoms with Crippen molar-refractivity contribution in [2.45, 2.75) is 19.8 Å². The lowest BCUT2D eigenvalue weighted by Crippen LogP contribution is -2.52. The molecule has 0 N–H and O–H groups in total. The number of benzene rings is 3. The van der Waals surface area contributed by atoms with Gasteiger partial charge in [0.1, 0.15) is 18.0 Å². The summed E-state index contributed by atoms with van der Waals surface area (Å²) in [5, 5.41) is 12.8. The van der Waals surface area contributed by atoms with Gasteiger partial charge in [-0.25, -0.2) is 5.01 Å². The predicted octanol–water partition coefficient (Wildman–Crippen LogP) is 6.28. The molecule has 1 aliphatic heterocycles. The zero-order valence-electron chi connectivity index (χ0n) is 22.2.